The zero-order chi connectivity index (χ0) is 13.4. The number of nitrogens with two attached hydrogens (primary N) is 1. The number of hydrogen-bond donors (Lipinski definition) is 1. The third-order valence-corrected chi connectivity index (χ3v) is 3.86. The van der Waals surface area contributed by atoms with Crippen LogP contribution in [0.2, 0.25) is 0 Å². The van der Waals surface area contributed by atoms with Crippen LogP contribution in [-0.2, 0) is 12.1 Å². The van der Waals surface area contributed by atoms with Crippen LogP contribution in [0.4, 0.5) is 0 Å². The van der Waals surface area contributed by atoms with E-state index in [9.17, 15) is 0 Å². The Labute approximate surface area is 122 Å². The van der Waals surface area contributed by atoms with Crippen molar-refractivity contribution in [1.29, 1.82) is 0 Å². The molecule has 0 aromatic carbocycles. The Bertz CT molecular complexity index is 410. The minimum Gasteiger partial charge on any atom is -0.330 e. The third kappa shape index (κ3) is 3.94. The van der Waals surface area contributed by atoms with Crippen LogP contribution in [0.3, 0.4) is 0 Å². The summed E-state index contributed by atoms with van der Waals surface area (Å²) in [6.45, 7) is 12.8. The van der Waals surface area contributed by atoms with Gasteiger partial charge in [-0.2, -0.15) is 5.10 Å². The van der Waals surface area contributed by atoms with Gasteiger partial charge in [-0.3, -0.25) is 9.58 Å². The van der Waals surface area contributed by atoms with Crippen molar-refractivity contribution in [2.24, 2.45) is 11.1 Å². The normalized spacial score (nSPS) is 24.5. The summed E-state index contributed by atoms with van der Waals surface area (Å²) in [4.78, 5) is 2.48. The van der Waals surface area contributed by atoms with Crippen LogP contribution in [0.25, 0.3) is 0 Å². The van der Waals surface area contributed by atoms with Crippen LogP contribution in [0.15, 0.2) is 12.4 Å². The first-order valence-electron chi connectivity index (χ1n) is 6.79. The van der Waals surface area contributed by atoms with E-state index in [0.29, 0.717) is 5.41 Å². The molecule has 0 aliphatic carbocycles. The van der Waals surface area contributed by atoms with Gasteiger partial charge in [0.05, 0.1) is 11.7 Å². The van der Waals surface area contributed by atoms with E-state index in [4.69, 9.17) is 5.73 Å². The van der Waals surface area contributed by atoms with E-state index in [2.05, 4.69) is 43.9 Å². The lowest BCUT2D eigenvalue weighted by atomic mass is 9.90. The molecule has 19 heavy (non-hydrogen) atoms. The van der Waals surface area contributed by atoms with Crippen molar-refractivity contribution in [3.8, 4) is 0 Å². The molecule has 1 atom stereocenters. The van der Waals surface area contributed by atoms with Gasteiger partial charge in [0.2, 0.25) is 0 Å². The molecular weight excluding hydrogens is 260 g/mol. The fourth-order valence-electron chi connectivity index (χ4n) is 2.49. The van der Waals surface area contributed by atoms with Crippen LogP contribution in [-0.4, -0.2) is 34.3 Å². The molecule has 1 aliphatic heterocycles. The quantitative estimate of drug-likeness (QED) is 0.927. The average Bonchev–Trinajstić information content (AvgIpc) is 2.86. The first kappa shape index (κ1) is 16.5. The molecule has 2 rings (SSSR count). The minimum atomic E-state index is 0. The largest absolute Gasteiger partial charge is 0.330 e. The highest BCUT2D eigenvalue weighted by Crippen LogP contribution is 2.29. The van der Waals surface area contributed by atoms with Crippen molar-refractivity contribution < 1.29 is 0 Å². The molecule has 0 bridgehead atoms. The summed E-state index contributed by atoms with van der Waals surface area (Å²) in [5, 5.41) is 4.45. The Morgan fingerprint density at radius 3 is 2.58 bits per heavy atom. The van der Waals surface area contributed by atoms with E-state index < -0.39 is 0 Å². The standard InChI is InChI=1S/C14H26N4.ClH/c1-13(2,3)18-9-12(7-16-18)8-17-6-5-14(4,10-15)11-17;/h7,9H,5-6,8,10-11,15H2,1-4H3;1H. The van der Waals surface area contributed by atoms with Crippen LogP contribution in [0.5, 0.6) is 0 Å². The predicted molar refractivity (Wildman–Crippen MR) is 81.5 cm³/mol. The van der Waals surface area contributed by atoms with Crippen molar-refractivity contribution in [2.45, 2.75) is 46.2 Å². The van der Waals surface area contributed by atoms with Gasteiger partial charge in [0.1, 0.15) is 0 Å². The monoisotopic (exact) mass is 286 g/mol. The molecule has 1 aliphatic rings. The molecule has 0 saturated carbocycles. The van der Waals surface area contributed by atoms with E-state index in [1.807, 2.05) is 10.9 Å². The molecule has 2 N–H and O–H groups in total. The summed E-state index contributed by atoms with van der Waals surface area (Å²) in [6, 6.07) is 0. The van der Waals surface area contributed by atoms with E-state index in [-0.39, 0.29) is 17.9 Å². The first-order valence-corrected chi connectivity index (χ1v) is 6.79. The lowest BCUT2D eigenvalue weighted by Crippen LogP contribution is -2.31. The van der Waals surface area contributed by atoms with Crippen LogP contribution < -0.4 is 5.73 Å². The second kappa shape index (κ2) is 5.81. The summed E-state index contributed by atoms with van der Waals surface area (Å²) in [6.07, 6.45) is 5.36. The van der Waals surface area contributed by atoms with E-state index in [1.165, 1.54) is 12.0 Å². The maximum atomic E-state index is 5.84. The van der Waals surface area contributed by atoms with Crippen LogP contribution in [0, 0.1) is 5.41 Å². The molecule has 4 nitrogen and oxygen atoms in total. The number of halogens is 1. The Balaban J connectivity index is 0.00000180. The fourth-order valence-corrected chi connectivity index (χ4v) is 2.49. The summed E-state index contributed by atoms with van der Waals surface area (Å²) in [5.41, 5.74) is 7.51. The maximum absolute atomic E-state index is 5.84. The van der Waals surface area contributed by atoms with Crippen molar-refractivity contribution in [3.05, 3.63) is 18.0 Å². The number of likely N-dealkylation sites (tertiary alicyclic amines) is 1. The zero-order valence-electron chi connectivity index (χ0n) is 12.5. The van der Waals surface area contributed by atoms with Crippen molar-refractivity contribution in [2.75, 3.05) is 19.6 Å². The highest BCUT2D eigenvalue weighted by molar-refractivity contribution is 5.85. The Morgan fingerprint density at radius 1 is 1.42 bits per heavy atom. The van der Waals surface area contributed by atoms with Gasteiger partial charge in [-0.25, -0.2) is 0 Å². The highest BCUT2D eigenvalue weighted by atomic mass is 35.5. The van der Waals surface area contributed by atoms with Gasteiger partial charge in [-0.1, -0.05) is 6.92 Å². The maximum Gasteiger partial charge on any atom is 0.0543 e. The molecule has 1 aromatic rings. The summed E-state index contributed by atoms with van der Waals surface area (Å²) in [7, 11) is 0. The zero-order valence-corrected chi connectivity index (χ0v) is 13.3. The predicted octanol–water partition coefficient (Wildman–Crippen LogP) is 2.23. The van der Waals surface area contributed by atoms with Crippen molar-refractivity contribution in [1.82, 2.24) is 14.7 Å². The summed E-state index contributed by atoms with van der Waals surface area (Å²) in [5.74, 6) is 0. The lowest BCUT2D eigenvalue weighted by Gasteiger charge is -2.22. The molecule has 2 heterocycles. The second-order valence-electron chi connectivity index (χ2n) is 6.94. The molecule has 0 spiro atoms. The molecule has 1 saturated heterocycles. The first-order chi connectivity index (χ1) is 8.32. The van der Waals surface area contributed by atoms with Gasteiger partial charge in [-0.15, -0.1) is 12.4 Å². The SMILES string of the molecule is CC1(CN)CCN(Cc2cnn(C(C)(C)C)c2)C1.Cl. The third-order valence-electron chi connectivity index (χ3n) is 3.86. The second-order valence-corrected chi connectivity index (χ2v) is 6.94. The highest BCUT2D eigenvalue weighted by Gasteiger charge is 2.32. The van der Waals surface area contributed by atoms with Gasteiger partial charge < -0.3 is 5.73 Å². The minimum absolute atomic E-state index is 0. The van der Waals surface area contributed by atoms with Gasteiger partial charge in [0.15, 0.2) is 0 Å². The summed E-state index contributed by atoms with van der Waals surface area (Å²) >= 11 is 0. The van der Waals surface area contributed by atoms with Crippen LogP contribution >= 0.6 is 12.4 Å². The molecule has 1 unspecified atom stereocenters. The average molecular weight is 287 g/mol. The molecule has 1 fully saturated rings. The fraction of sp³-hybridized carbons (Fsp3) is 0.786. The molecule has 0 amide bonds. The van der Waals surface area contributed by atoms with E-state index >= 15 is 0 Å². The van der Waals surface area contributed by atoms with Gasteiger partial charge in [0.25, 0.3) is 0 Å². The van der Waals surface area contributed by atoms with E-state index in [1.54, 1.807) is 0 Å². The molecule has 5 heteroatoms. The smallest absolute Gasteiger partial charge is 0.0543 e. The Hall–Kier alpha value is -0.580. The topological polar surface area (TPSA) is 47.1 Å². The van der Waals surface area contributed by atoms with Crippen molar-refractivity contribution in [3.63, 3.8) is 0 Å². The molecule has 1 aromatic heterocycles. The van der Waals surface area contributed by atoms with Crippen LogP contribution in [0.1, 0.15) is 39.7 Å². The number of rotatable bonds is 3. The lowest BCUT2D eigenvalue weighted by molar-refractivity contribution is 0.274. The number of nitrogens with zero attached hydrogens (tertiary/aromatic N) is 3. The number of hydrogen-bond acceptors (Lipinski definition) is 3. The molecule has 110 valence electrons. The van der Waals surface area contributed by atoms with Gasteiger partial charge in [-0.05, 0) is 45.7 Å². The van der Waals surface area contributed by atoms with Gasteiger partial charge >= 0.3 is 0 Å². The van der Waals surface area contributed by atoms with Crippen molar-refractivity contribution >= 4 is 12.4 Å². The molecular formula is C14H27ClN4. The number of aromatic nitrogens is 2. The van der Waals surface area contributed by atoms with Gasteiger partial charge in [0, 0.05) is 24.8 Å². The Kier molecular flexibility index (Phi) is 5.04. The van der Waals surface area contributed by atoms with E-state index in [0.717, 1.165) is 26.2 Å². The summed E-state index contributed by atoms with van der Waals surface area (Å²) < 4.78 is 2.04. The molecule has 0 radical (unpaired) electrons. The Morgan fingerprint density at radius 2 is 2.11 bits per heavy atom.